The van der Waals surface area contributed by atoms with E-state index in [2.05, 4.69) is 97.1 Å². The summed E-state index contributed by atoms with van der Waals surface area (Å²) in [7, 11) is 3.37. The number of methoxy groups -OCH3 is 2. The third kappa shape index (κ3) is 2.81. The number of benzene rings is 4. The van der Waals surface area contributed by atoms with Crippen molar-refractivity contribution in [1.29, 1.82) is 0 Å². The molecule has 2 aromatic heterocycles. The lowest BCUT2D eigenvalue weighted by molar-refractivity contribution is 0.381. The van der Waals surface area contributed by atoms with E-state index < -0.39 is 0 Å². The molecule has 0 fully saturated rings. The van der Waals surface area contributed by atoms with Gasteiger partial charge in [-0.1, -0.05) is 97.1 Å². The maximum absolute atomic E-state index is 5.95. The second kappa shape index (κ2) is 8.60. The number of rotatable bonds is 3. The highest BCUT2D eigenvalue weighted by atomic mass is 16.5. The molecule has 6 aromatic rings. The first-order chi connectivity index (χ1) is 21.8. The summed E-state index contributed by atoms with van der Waals surface area (Å²) < 4.78 is 11.9. The Balaban J connectivity index is 1.31. The summed E-state index contributed by atoms with van der Waals surface area (Å²) in [5, 5.41) is 19.3. The molecule has 2 heterocycles. The van der Waals surface area contributed by atoms with Crippen molar-refractivity contribution in [2.45, 2.75) is 23.7 Å². The zero-order valence-corrected chi connectivity index (χ0v) is 24.2. The van der Waals surface area contributed by atoms with Gasteiger partial charge in [0, 0.05) is 45.9 Å². The van der Waals surface area contributed by atoms with E-state index in [0.717, 1.165) is 33.6 Å². The van der Waals surface area contributed by atoms with Gasteiger partial charge < -0.3 is 9.47 Å². The fourth-order valence-electron chi connectivity index (χ4n) is 8.75. The van der Waals surface area contributed by atoms with Crippen LogP contribution in [-0.4, -0.2) is 34.6 Å². The van der Waals surface area contributed by atoms with Crippen LogP contribution in [-0.2, 0) is 0 Å². The van der Waals surface area contributed by atoms with E-state index in [9.17, 15) is 0 Å². The van der Waals surface area contributed by atoms with Crippen LogP contribution in [0.4, 0.5) is 0 Å². The van der Waals surface area contributed by atoms with Crippen molar-refractivity contribution in [2.75, 3.05) is 14.2 Å². The fourth-order valence-corrected chi connectivity index (χ4v) is 8.75. The van der Waals surface area contributed by atoms with E-state index in [4.69, 9.17) is 29.9 Å². The summed E-state index contributed by atoms with van der Waals surface area (Å²) in [4.78, 5) is 0. The van der Waals surface area contributed by atoms with Gasteiger partial charge in [-0.05, 0) is 44.5 Å². The molecule has 0 saturated heterocycles. The lowest BCUT2D eigenvalue weighted by Gasteiger charge is -2.44. The topological polar surface area (TPSA) is 70.0 Å². The van der Waals surface area contributed by atoms with Crippen LogP contribution >= 0.6 is 0 Å². The van der Waals surface area contributed by atoms with Crippen LogP contribution in [0, 0.1) is 0 Å². The van der Waals surface area contributed by atoms with Crippen LogP contribution in [0.15, 0.2) is 97.1 Å². The van der Waals surface area contributed by atoms with Crippen LogP contribution in [0.25, 0.3) is 11.4 Å². The maximum Gasteiger partial charge on any atom is 0.237 e. The van der Waals surface area contributed by atoms with Crippen molar-refractivity contribution < 1.29 is 9.47 Å². The van der Waals surface area contributed by atoms with Gasteiger partial charge in [0.15, 0.2) is 0 Å². The van der Waals surface area contributed by atoms with E-state index in [1.807, 2.05) is 0 Å². The van der Waals surface area contributed by atoms with E-state index in [-0.39, 0.29) is 23.7 Å². The molecule has 6 aliphatic carbocycles. The highest BCUT2D eigenvalue weighted by Gasteiger charge is 2.49. The minimum Gasteiger partial charge on any atom is -0.480 e. The first-order valence-corrected chi connectivity index (χ1v) is 15.0. The van der Waals surface area contributed by atoms with Gasteiger partial charge in [0.05, 0.1) is 14.2 Å². The lowest BCUT2D eigenvalue weighted by Crippen LogP contribution is -2.31. The lowest BCUT2D eigenvalue weighted by atomic mass is 9.59. The summed E-state index contributed by atoms with van der Waals surface area (Å²) in [5.41, 5.74) is 16.3. The molecule has 0 saturated carbocycles. The summed E-state index contributed by atoms with van der Waals surface area (Å²) in [5.74, 6) is 1.06. The van der Waals surface area contributed by atoms with Crippen LogP contribution in [0.1, 0.15) is 90.4 Å². The van der Waals surface area contributed by atoms with Gasteiger partial charge >= 0.3 is 0 Å². The van der Waals surface area contributed by atoms with E-state index >= 15 is 0 Å². The molecule has 4 bridgehead atoms. The average molecular weight is 571 g/mol. The second-order valence-corrected chi connectivity index (χ2v) is 12.0. The zero-order chi connectivity index (χ0) is 29.1. The molecule has 0 spiro atoms. The summed E-state index contributed by atoms with van der Waals surface area (Å²) >= 11 is 0. The van der Waals surface area contributed by atoms with Gasteiger partial charge in [-0.15, -0.1) is 20.4 Å². The number of hydrogen-bond donors (Lipinski definition) is 0. The predicted octanol–water partition coefficient (Wildman–Crippen LogP) is 6.93. The highest BCUT2D eigenvalue weighted by Crippen LogP contribution is 2.62. The summed E-state index contributed by atoms with van der Waals surface area (Å²) in [6.45, 7) is 0. The van der Waals surface area contributed by atoms with Crippen molar-refractivity contribution in [2.24, 2.45) is 0 Å². The van der Waals surface area contributed by atoms with Crippen LogP contribution in [0.5, 0.6) is 11.8 Å². The molecule has 210 valence electrons. The van der Waals surface area contributed by atoms with E-state index in [1.54, 1.807) is 14.2 Å². The third-order valence-corrected chi connectivity index (χ3v) is 10.3. The van der Waals surface area contributed by atoms with Crippen molar-refractivity contribution in [3.63, 3.8) is 0 Å². The number of ether oxygens (including phenoxy) is 2. The highest BCUT2D eigenvalue weighted by molar-refractivity contribution is 5.81. The molecule has 6 heteroatoms. The molecule has 0 atom stereocenters. The number of nitrogens with zero attached hydrogens (tertiary/aromatic N) is 4. The Morgan fingerprint density at radius 3 is 0.864 bits per heavy atom. The first-order valence-electron chi connectivity index (χ1n) is 15.0. The standard InChI is InChI=1S/C38H26N4O2/c1-43-37-33-29-23-15-7-3-11-19(23)27(20-12-4-8-16-24(20)29)31(33)35(39-41-37)36-32-28-21-13-5-9-17-25(21)30(26-18-10-6-14-22(26)28)34(32)38(44-2)42-40-36/h3-18,27-30H,1-2H3. The first kappa shape index (κ1) is 24.1. The molecule has 6 aliphatic rings. The van der Waals surface area contributed by atoms with Crippen molar-refractivity contribution in [1.82, 2.24) is 20.4 Å². The third-order valence-electron chi connectivity index (χ3n) is 10.3. The Morgan fingerprint density at radius 1 is 0.364 bits per heavy atom. The normalized spacial score (nSPS) is 20.5. The monoisotopic (exact) mass is 570 g/mol. The molecule has 4 aromatic carbocycles. The van der Waals surface area contributed by atoms with E-state index in [0.29, 0.717) is 11.8 Å². The SMILES string of the molecule is COc1nnc(-c2nnc(OC)c3c2C2c4ccccc4C3c3ccccc32)c2c1C1c3ccccc3C2c2ccccc21. The minimum absolute atomic E-state index is 0.00784. The summed E-state index contributed by atoms with van der Waals surface area (Å²) in [6, 6.07) is 35.0. The van der Waals surface area contributed by atoms with Gasteiger partial charge in [-0.25, -0.2) is 0 Å². The molecule has 44 heavy (non-hydrogen) atoms. The Kier molecular flexibility index (Phi) is 4.72. The van der Waals surface area contributed by atoms with Crippen molar-refractivity contribution in [3.8, 4) is 23.1 Å². The fraction of sp³-hybridized carbons (Fsp3) is 0.158. The van der Waals surface area contributed by atoms with Crippen molar-refractivity contribution in [3.05, 3.63) is 164 Å². The van der Waals surface area contributed by atoms with Gasteiger partial charge in [-0.3, -0.25) is 0 Å². The Bertz CT molecular complexity index is 1960. The molecular weight excluding hydrogens is 544 g/mol. The summed E-state index contributed by atoms with van der Waals surface area (Å²) in [6.07, 6.45) is 0. The number of hydrogen-bond acceptors (Lipinski definition) is 6. The molecule has 0 unspecified atom stereocenters. The maximum atomic E-state index is 5.95. The van der Waals surface area contributed by atoms with Gasteiger partial charge in [0.25, 0.3) is 0 Å². The van der Waals surface area contributed by atoms with Crippen LogP contribution in [0.3, 0.4) is 0 Å². The molecule has 0 N–H and O–H groups in total. The average Bonchev–Trinajstić information content (AvgIpc) is 3.10. The van der Waals surface area contributed by atoms with Crippen LogP contribution in [0.2, 0.25) is 0 Å². The molecule has 0 amide bonds. The smallest absolute Gasteiger partial charge is 0.237 e. The Morgan fingerprint density at radius 2 is 0.614 bits per heavy atom. The predicted molar refractivity (Wildman–Crippen MR) is 166 cm³/mol. The molecule has 0 aliphatic heterocycles. The quantitative estimate of drug-likeness (QED) is 0.230. The Hall–Kier alpha value is -5.36. The van der Waals surface area contributed by atoms with Gasteiger partial charge in [0.2, 0.25) is 11.8 Å². The molecule has 12 rings (SSSR count). The van der Waals surface area contributed by atoms with Crippen LogP contribution < -0.4 is 9.47 Å². The molecular formula is C38H26N4O2. The largest absolute Gasteiger partial charge is 0.480 e. The van der Waals surface area contributed by atoms with E-state index in [1.165, 1.54) is 44.5 Å². The minimum atomic E-state index is -0.0262. The van der Waals surface area contributed by atoms with Gasteiger partial charge in [-0.2, -0.15) is 0 Å². The molecule has 6 nitrogen and oxygen atoms in total. The zero-order valence-electron chi connectivity index (χ0n) is 24.2. The number of aromatic nitrogens is 4. The molecule has 0 radical (unpaired) electrons. The van der Waals surface area contributed by atoms with Crippen molar-refractivity contribution >= 4 is 0 Å². The second-order valence-electron chi connectivity index (χ2n) is 12.0. The van der Waals surface area contributed by atoms with Gasteiger partial charge in [0.1, 0.15) is 11.4 Å². The Labute approximate surface area is 254 Å².